The molecule has 0 aromatic carbocycles. The van der Waals surface area contributed by atoms with Gasteiger partial charge in [0, 0.05) is 5.75 Å². The van der Waals surface area contributed by atoms with E-state index < -0.39 is 0 Å². The van der Waals surface area contributed by atoms with E-state index in [0.717, 1.165) is 24.5 Å². The van der Waals surface area contributed by atoms with Gasteiger partial charge in [-0.3, -0.25) is 0 Å². The smallest absolute Gasteiger partial charge is 0.209 e. The van der Waals surface area contributed by atoms with Crippen molar-refractivity contribution in [2.24, 2.45) is 0 Å². The van der Waals surface area contributed by atoms with E-state index in [9.17, 15) is 0 Å². The number of thioether (sulfide) groups is 1. The van der Waals surface area contributed by atoms with E-state index in [-0.39, 0.29) is 6.04 Å². The first-order chi connectivity index (χ1) is 8.85. The molecule has 18 heavy (non-hydrogen) atoms. The summed E-state index contributed by atoms with van der Waals surface area (Å²) in [6.45, 7) is 2.80. The van der Waals surface area contributed by atoms with Crippen LogP contribution in [0.2, 0.25) is 0 Å². The van der Waals surface area contributed by atoms with Gasteiger partial charge < -0.3 is 5.32 Å². The Morgan fingerprint density at radius 2 is 2.33 bits per heavy atom. The van der Waals surface area contributed by atoms with E-state index in [0.29, 0.717) is 11.8 Å². The third kappa shape index (κ3) is 3.21. The molecule has 1 unspecified atom stereocenters. The molecule has 0 amide bonds. The van der Waals surface area contributed by atoms with Crippen molar-refractivity contribution in [3.05, 3.63) is 0 Å². The van der Waals surface area contributed by atoms with Crippen LogP contribution in [-0.2, 0) is 0 Å². The van der Waals surface area contributed by atoms with Gasteiger partial charge in [-0.1, -0.05) is 31.5 Å². The second-order valence-electron chi connectivity index (χ2n) is 4.39. The summed E-state index contributed by atoms with van der Waals surface area (Å²) in [7, 11) is 0. The highest BCUT2D eigenvalue weighted by molar-refractivity contribution is 7.99. The average Bonchev–Trinajstić information content (AvgIpc) is 3.04. The molecule has 6 nitrogen and oxygen atoms in total. The van der Waals surface area contributed by atoms with Gasteiger partial charge in [0.05, 0.1) is 12.1 Å². The van der Waals surface area contributed by atoms with Crippen LogP contribution in [0.3, 0.4) is 0 Å². The minimum atomic E-state index is -0.145. The van der Waals surface area contributed by atoms with Gasteiger partial charge in [0.25, 0.3) is 0 Å². The first-order valence-electron chi connectivity index (χ1n) is 6.38. The fraction of sp³-hybridized carbons (Fsp3) is 0.818. The fourth-order valence-corrected chi connectivity index (χ4v) is 3.12. The van der Waals surface area contributed by atoms with Gasteiger partial charge >= 0.3 is 0 Å². The van der Waals surface area contributed by atoms with Gasteiger partial charge in [-0.05, 0) is 29.8 Å². The Morgan fingerprint density at radius 3 is 3.00 bits per heavy atom. The summed E-state index contributed by atoms with van der Waals surface area (Å²) in [6, 6.07) is 2.55. The third-order valence-corrected chi connectivity index (χ3v) is 4.15. The van der Waals surface area contributed by atoms with Crippen molar-refractivity contribution in [3.63, 3.8) is 0 Å². The van der Waals surface area contributed by atoms with Crippen LogP contribution in [0.25, 0.3) is 0 Å². The first-order valence-corrected chi connectivity index (χ1v) is 7.37. The number of aromatic nitrogens is 4. The lowest BCUT2D eigenvalue weighted by atomic mass is 10.3. The summed E-state index contributed by atoms with van der Waals surface area (Å²) in [4.78, 5) is 0. The van der Waals surface area contributed by atoms with Crippen LogP contribution < -0.4 is 5.32 Å². The summed E-state index contributed by atoms with van der Waals surface area (Å²) in [5, 5.41) is 24.8. The third-order valence-electron chi connectivity index (χ3n) is 3.12. The molecule has 1 aliphatic carbocycles. The van der Waals surface area contributed by atoms with Crippen molar-refractivity contribution in [2.75, 3.05) is 12.3 Å². The fourth-order valence-electron chi connectivity index (χ4n) is 2.20. The molecule has 0 aliphatic heterocycles. The highest BCUT2D eigenvalue weighted by Crippen LogP contribution is 2.31. The second kappa shape index (κ2) is 6.71. The molecule has 0 spiro atoms. The topological polar surface area (TPSA) is 79.4 Å². The minimum Gasteiger partial charge on any atom is -0.302 e. The Hall–Kier alpha value is -1.13. The van der Waals surface area contributed by atoms with E-state index in [1.54, 1.807) is 11.8 Å². The van der Waals surface area contributed by atoms with Crippen LogP contribution >= 0.6 is 11.8 Å². The van der Waals surface area contributed by atoms with Crippen LogP contribution in [0.4, 0.5) is 0 Å². The van der Waals surface area contributed by atoms with Crippen LogP contribution in [-0.4, -0.2) is 38.5 Å². The van der Waals surface area contributed by atoms with Crippen molar-refractivity contribution < 1.29 is 0 Å². The maximum absolute atomic E-state index is 8.98. The monoisotopic (exact) mass is 266 g/mol. The Balaban J connectivity index is 1.93. The quantitative estimate of drug-likeness (QED) is 0.784. The Labute approximate surface area is 111 Å². The van der Waals surface area contributed by atoms with Crippen molar-refractivity contribution in [3.8, 4) is 6.07 Å². The first kappa shape index (κ1) is 13.3. The average molecular weight is 266 g/mol. The molecule has 0 saturated heterocycles. The van der Waals surface area contributed by atoms with Crippen LogP contribution in [0, 0.1) is 11.3 Å². The SMILES string of the molecule is CCNC(C#N)CSc1nnnn1C1CCCC1. The second-order valence-corrected chi connectivity index (χ2v) is 5.38. The number of nitrogens with one attached hydrogen (secondary N) is 1. The van der Waals surface area contributed by atoms with E-state index in [1.807, 2.05) is 11.6 Å². The van der Waals surface area contributed by atoms with Crippen LogP contribution in [0.1, 0.15) is 38.6 Å². The number of hydrogen-bond acceptors (Lipinski definition) is 6. The standard InChI is InChI=1S/C11H18N6S/c1-2-13-9(7-12)8-18-11-14-15-16-17(11)10-5-3-4-6-10/h9-10,13H,2-6,8H2,1H3. The highest BCUT2D eigenvalue weighted by atomic mass is 32.2. The van der Waals surface area contributed by atoms with E-state index in [2.05, 4.69) is 26.9 Å². The molecule has 1 aromatic heterocycles. The zero-order valence-corrected chi connectivity index (χ0v) is 11.4. The Bertz CT molecular complexity index is 406. The number of nitrogens with zero attached hydrogens (tertiary/aromatic N) is 5. The van der Waals surface area contributed by atoms with Crippen molar-refractivity contribution in [1.29, 1.82) is 5.26 Å². The Morgan fingerprint density at radius 1 is 1.56 bits per heavy atom. The van der Waals surface area contributed by atoms with Crippen LogP contribution in [0.5, 0.6) is 0 Å². The molecule has 1 fully saturated rings. The number of rotatable bonds is 6. The van der Waals surface area contributed by atoms with Gasteiger partial charge in [0.1, 0.15) is 6.04 Å². The zero-order valence-electron chi connectivity index (χ0n) is 10.5. The maximum atomic E-state index is 8.98. The van der Waals surface area contributed by atoms with Gasteiger partial charge in [-0.25, -0.2) is 4.68 Å². The summed E-state index contributed by atoms with van der Waals surface area (Å²) in [6.07, 6.45) is 4.83. The normalized spacial score (nSPS) is 17.8. The lowest BCUT2D eigenvalue weighted by molar-refractivity contribution is 0.423. The number of tetrazole rings is 1. The van der Waals surface area contributed by atoms with Crippen molar-refractivity contribution in [2.45, 2.75) is 49.8 Å². The largest absolute Gasteiger partial charge is 0.302 e. The van der Waals surface area contributed by atoms with E-state index in [4.69, 9.17) is 5.26 Å². The summed E-state index contributed by atoms with van der Waals surface area (Å²) < 4.78 is 1.93. The molecule has 98 valence electrons. The maximum Gasteiger partial charge on any atom is 0.209 e. The lowest BCUT2D eigenvalue weighted by Gasteiger charge is -2.12. The molecular formula is C11H18N6S. The highest BCUT2D eigenvalue weighted by Gasteiger charge is 2.22. The number of nitriles is 1. The molecule has 2 rings (SSSR count). The molecular weight excluding hydrogens is 248 g/mol. The Kier molecular flexibility index (Phi) is 4.96. The summed E-state index contributed by atoms with van der Waals surface area (Å²) >= 11 is 1.56. The van der Waals surface area contributed by atoms with Gasteiger partial charge in [-0.15, -0.1) is 5.10 Å². The molecule has 1 heterocycles. The molecule has 1 atom stereocenters. The van der Waals surface area contributed by atoms with Crippen LogP contribution in [0.15, 0.2) is 5.16 Å². The molecule has 7 heteroatoms. The molecule has 1 aliphatic rings. The molecule has 1 aromatic rings. The molecule has 1 N–H and O–H groups in total. The van der Waals surface area contributed by atoms with Crippen molar-refractivity contribution >= 4 is 11.8 Å². The van der Waals surface area contributed by atoms with Gasteiger partial charge in [0.2, 0.25) is 5.16 Å². The predicted molar refractivity (Wildman–Crippen MR) is 69.1 cm³/mol. The van der Waals surface area contributed by atoms with Gasteiger partial charge in [0.15, 0.2) is 0 Å². The molecule has 0 radical (unpaired) electrons. The summed E-state index contributed by atoms with van der Waals surface area (Å²) in [5.74, 6) is 0.678. The predicted octanol–water partition coefficient (Wildman–Crippen LogP) is 1.38. The van der Waals surface area contributed by atoms with Crippen molar-refractivity contribution in [1.82, 2.24) is 25.5 Å². The summed E-state index contributed by atoms with van der Waals surface area (Å²) in [5.41, 5.74) is 0. The minimum absolute atomic E-state index is 0.145. The number of hydrogen-bond donors (Lipinski definition) is 1. The lowest BCUT2D eigenvalue weighted by Crippen LogP contribution is -2.29. The van der Waals surface area contributed by atoms with E-state index >= 15 is 0 Å². The molecule has 0 bridgehead atoms. The zero-order chi connectivity index (χ0) is 12.8. The molecule has 1 saturated carbocycles. The van der Waals surface area contributed by atoms with E-state index in [1.165, 1.54) is 12.8 Å². The van der Waals surface area contributed by atoms with Gasteiger partial charge in [-0.2, -0.15) is 5.26 Å².